The van der Waals surface area contributed by atoms with E-state index in [1.54, 1.807) is 6.07 Å². The maximum Gasteiger partial charge on any atom is 0.193 e. The average molecular weight is 232 g/mol. The number of halogens is 1. The minimum Gasteiger partial charge on any atom is -0.449 e. The lowest BCUT2D eigenvalue weighted by atomic mass is 10.3. The first-order valence-corrected chi connectivity index (χ1v) is 6.43. The van der Waals surface area contributed by atoms with E-state index in [0.717, 1.165) is 17.3 Å². The molecule has 78 valence electrons. The number of hydrogen-bond donors (Lipinski definition) is 1. The van der Waals surface area contributed by atoms with Gasteiger partial charge in [0.2, 0.25) is 0 Å². The standard InChI is InChI=1S/C10H14ClNOS/c11-10-4-3-9(13-10)7-14-6-8-2-1-5-12-8/h3-4,8,12H,1-2,5-7H2/t8-/m0/s1. The summed E-state index contributed by atoms with van der Waals surface area (Å²) in [6.45, 7) is 1.18. The first-order valence-electron chi connectivity index (χ1n) is 4.90. The molecule has 0 saturated carbocycles. The molecule has 1 aliphatic heterocycles. The summed E-state index contributed by atoms with van der Waals surface area (Å²) >= 11 is 7.58. The van der Waals surface area contributed by atoms with E-state index in [4.69, 9.17) is 16.0 Å². The molecule has 2 rings (SSSR count). The zero-order chi connectivity index (χ0) is 9.80. The van der Waals surface area contributed by atoms with Crippen molar-refractivity contribution >= 4 is 23.4 Å². The summed E-state index contributed by atoms with van der Waals surface area (Å²) in [6, 6.07) is 4.44. The van der Waals surface area contributed by atoms with Crippen molar-refractivity contribution in [3.05, 3.63) is 23.1 Å². The Morgan fingerprint density at radius 2 is 2.50 bits per heavy atom. The van der Waals surface area contributed by atoms with Crippen molar-refractivity contribution in [2.45, 2.75) is 24.6 Å². The monoisotopic (exact) mass is 231 g/mol. The van der Waals surface area contributed by atoms with E-state index in [-0.39, 0.29) is 0 Å². The first-order chi connectivity index (χ1) is 6.84. The maximum atomic E-state index is 5.68. The van der Waals surface area contributed by atoms with Crippen molar-refractivity contribution in [3.8, 4) is 0 Å². The number of thioether (sulfide) groups is 1. The highest BCUT2D eigenvalue weighted by Gasteiger charge is 2.13. The summed E-state index contributed by atoms with van der Waals surface area (Å²) in [5, 5.41) is 3.96. The fourth-order valence-electron chi connectivity index (χ4n) is 1.63. The van der Waals surface area contributed by atoms with Gasteiger partial charge in [-0.25, -0.2) is 0 Å². The van der Waals surface area contributed by atoms with Gasteiger partial charge in [-0.15, -0.1) is 0 Å². The maximum absolute atomic E-state index is 5.68. The minimum atomic E-state index is 0.486. The van der Waals surface area contributed by atoms with E-state index < -0.39 is 0 Å². The Kier molecular flexibility index (Phi) is 3.79. The van der Waals surface area contributed by atoms with Gasteiger partial charge in [-0.1, -0.05) is 0 Å². The van der Waals surface area contributed by atoms with Crippen LogP contribution in [0.4, 0.5) is 0 Å². The molecule has 0 amide bonds. The molecule has 1 fully saturated rings. The van der Waals surface area contributed by atoms with Gasteiger partial charge < -0.3 is 9.73 Å². The molecule has 2 nitrogen and oxygen atoms in total. The second kappa shape index (κ2) is 5.10. The molecule has 0 spiro atoms. The van der Waals surface area contributed by atoms with Crippen LogP contribution < -0.4 is 5.32 Å². The van der Waals surface area contributed by atoms with Crippen molar-refractivity contribution in [1.82, 2.24) is 5.32 Å². The molecule has 0 unspecified atom stereocenters. The molecule has 1 atom stereocenters. The van der Waals surface area contributed by atoms with Crippen LogP contribution >= 0.6 is 23.4 Å². The summed E-state index contributed by atoms with van der Waals surface area (Å²) < 4.78 is 5.27. The molecule has 0 aliphatic carbocycles. The Morgan fingerprint density at radius 3 is 3.14 bits per heavy atom. The molecular formula is C10H14ClNOS. The van der Waals surface area contributed by atoms with Gasteiger partial charge in [0, 0.05) is 11.8 Å². The van der Waals surface area contributed by atoms with Crippen molar-refractivity contribution in [1.29, 1.82) is 0 Å². The fourth-order valence-corrected chi connectivity index (χ4v) is 2.84. The Bertz CT molecular complexity index is 283. The predicted octanol–water partition coefficient (Wildman–Crippen LogP) is 2.92. The van der Waals surface area contributed by atoms with Gasteiger partial charge in [0.15, 0.2) is 5.22 Å². The van der Waals surface area contributed by atoms with E-state index in [0.29, 0.717) is 11.3 Å². The van der Waals surface area contributed by atoms with E-state index in [1.165, 1.54) is 19.4 Å². The zero-order valence-electron chi connectivity index (χ0n) is 7.96. The van der Waals surface area contributed by atoms with Crippen LogP contribution in [0.5, 0.6) is 0 Å². The summed E-state index contributed by atoms with van der Waals surface area (Å²) in [5.74, 6) is 3.06. The molecule has 0 bridgehead atoms. The molecule has 2 heterocycles. The highest BCUT2D eigenvalue weighted by Crippen LogP contribution is 2.20. The van der Waals surface area contributed by atoms with Gasteiger partial charge in [0.25, 0.3) is 0 Å². The summed E-state index contributed by atoms with van der Waals surface area (Å²) in [5.41, 5.74) is 0. The van der Waals surface area contributed by atoms with Crippen LogP contribution in [0.2, 0.25) is 5.22 Å². The molecule has 4 heteroatoms. The second-order valence-electron chi connectivity index (χ2n) is 3.51. The Morgan fingerprint density at radius 1 is 1.57 bits per heavy atom. The highest BCUT2D eigenvalue weighted by molar-refractivity contribution is 7.98. The van der Waals surface area contributed by atoms with Gasteiger partial charge in [0.05, 0.1) is 5.75 Å². The third-order valence-electron chi connectivity index (χ3n) is 2.35. The van der Waals surface area contributed by atoms with Crippen molar-refractivity contribution < 1.29 is 4.42 Å². The first kappa shape index (κ1) is 10.4. The molecule has 1 saturated heterocycles. The van der Waals surface area contributed by atoms with Crippen LogP contribution in [-0.4, -0.2) is 18.3 Å². The minimum absolute atomic E-state index is 0.486. The molecule has 1 N–H and O–H groups in total. The molecule has 0 aromatic carbocycles. The van der Waals surface area contributed by atoms with Crippen molar-refractivity contribution in [2.75, 3.05) is 12.3 Å². The molecule has 0 radical (unpaired) electrons. The largest absolute Gasteiger partial charge is 0.449 e. The molecule has 1 aromatic heterocycles. The van der Waals surface area contributed by atoms with Crippen LogP contribution in [0.25, 0.3) is 0 Å². The van der Waals surface area contributed by atoms with E-state index in [2.05, 4.69) is 5.32 Å². The average Bonchev–Trinajstić information content (AvgIpc) is 2.77. The van der Waals surface area contributed by atoms with Gasteiger partial charge in [0.1, 0.15) is 5.76 Å². The predicted molar refractivity (Wildman–Crippen MR) is 60.9 cm³/mol. The lowest BCUT2D eigenvalue weighted by Crippen LogP contribution is -2.23. The quantitative estimate of drug-likeness (QED) is 0.863. The smallest absolute Gasteiger partial charge is 0.193 e. The lowest BCUT2D eigenvalue weighted by Gasteiger charge is -2.07. The van der Waals surface area contributed by atoms with Gasteiger partial charge in [-0.3, -0.25) is 0 Å². The number of furan rings is 1. The number of nitrogens with one attached hydrogen (secondary N) is 1. The molecule has 14 heavy (non-hydrogen) atoms. The highest BCUT2D eigenvalue weighted by atomic mass is 35.5. The Balaban J connectivity index is 1.67. The second-order valence-corrected chi connectivity index (χ2v) is 4.92. The normalized spacial score (nSPS) is 21.6. The van der Waals surface area contributed by atoms with Crippen LogP contribution in [0, 0.1) is 0 Å². The SMILES string of the molecule is Clc1ccc(CSC[C@@H]2CCCN2)o1. The molecular weight excluding hydrogens is 218 g/mol. The van der Waals surface area contributed by atoms with E-state index >= 15 is 0 Å². The van der Waals surface area contributed by atoms with Crippen LogP contribution in [-0.2, 0) is 5.75 Å². The summed E-state index contributed by atoms with van der Waals surface area (Å²) in [4.78, 5) is 0. The van der Waals surface area contributed by atoms with Gasteiger partial charge >= 0.3 is 0 Å². The van der Waals surface area contributed by atoms with Gasteiger partial charge in [-0.2, -0.15) is 11.8 Å². The topological polar surface area (TPSA) is 25.2 Å². The van der Waals surface area contributed by atoms with Gasteiger partial charge in [-0.05, 0) is 43.1 Å². The molecule has 1 aliphatic rings. The number of hydrogen-bond acceptors (Lipinski definition) is 3. The lowest BCUT2D eigenvalue weighted by molar-refractivity contribution is 0.532. The molecule has 1 aromatic rings. The third kappa shape index (κ3) is 2.94. The summed E-state index contributed by atoms with van der Waals surface area (Å²) in [7, 11) is 0. The van der Waals surface area contributed by atoms with Crippen LogP contribution in [0.3, 0.4) is 0 Å². The van der Waals surface area contributed by atoms with Crippen molar-refractivity contribution in [2.24, 2.45) is 0 Å². The Labute approximate surface area is 93.4 Å². The van der Waals surface area contributed by atoms with Crippen LogP contribution in [0.1, 0.15) is 18.6 Å². The van der Waals surface area contributed by atoms with E-state index in [9.17, 15) is 0 Å². The fraction of sp³-hybridized carbons (Fsp3) is 0.600. The van der Waals surface area contributed by atoms with Crippen molar-refractivity contribution in [3.63, 3.8) is 0 Å². The summed E-state index contributed by atoms with van der Waals surface area (Å²) in [6.07, 6.45) is 2.63. The zero-order valence-corrected chi connectivity index (χ0v) is 9.53. The van der Waals surface area contributed by atoms with E-state index in [1.807, 2.05) is 17.8 Å². The Hall–Kier alpha value is -0.120. The van der Waals surface area contributed by atoms with Crippen LogP contribution in [0.15, 0.2) is 16.5 Å². The number of rotatable bonds is 4. The third-order valence-corrected chi connectivity index (χ3v) is 3.68.